The largest absolute Gasteiger partial charge is 0.455 e. The van der Waals surface area contributed by atoms with Gasteiger partial charge in [-0.1, -0.05) is 183 Å². The number of pyridine rings is 3. The zero-order valence-electron chi connectivity index (χ0n) is 38.8. The first kappa shape index (κ1) is 47.7. The van der Waals surface area contributed by atoms with Gasteiger partial charge in [-0.2, -0.15) is 0 Å². The summed E-state index contributed by atoms with van der Waals surface area (Å²) in [7, 11) is -1.36. The Labute approximate surface area is 395 Å². The van der Waals surface area contributed by atoms with E-state index in [0.29, 0.717) is 10.8 Å². The van der Waals surface area contributed by atoms with Crippen molar-refractivity contribution >= 4 is 35.2 Å². The molecule has 4 nitrogen and oxygen atoms in total. The Kier molecular flexibility index (Phi) is 15.5. The third kappa shape index (κ3) is 12.5. The van der Waals surface area contributed by atoms with Crippen LogP contribution < -0.4 is 5.19 Å². The van der Waals surface area contributed by atoms with E-state index < -0.39 is 8.07 Å². The van der Waals surface area contributed by atoms with Crippen LogP contribution in [0.1, 0.15) is 52.7 Å². The molecule has 9 rings (SSSR count). The molecule has 0 aliphatic heterocycles. The molecule has 9 aromatic rings. The normalized spacial score (nSPS) is 11.5. The van der Waals surface area contributed by atoms with Crippen molar-refractivity contribution in [2.75, 3.05) is 0 Å². The molecule has 0 saturated heterocycles. The number of para-hydroxylation sites is 1. The second-order valence-corrected chi connectivity index (χ2v) is 24.8. The van der Waals surface area contributed by atoms with Crippen molar-refractivity contribution in [1.82, 2.24) is 15.0 Å². The van der Waals surface area contributed by atoms with Crippen molar-refractivity contribution in [3.8, 4) is 44.9 Å². The Morgan fingerprint density at radius 3 is 1.59 bits per heavy atom. The predicted molar refractivity (Wildman–Crippen MR) is 271 cm³/mol. The van der Waals surface area contributed by atoms with E-state index in [4.69, 9.17) is 9.40 Å². The van der Waals surface area contributed by atoms with Gasteiger partial charge in [-0.05, 0) is 93.6 Å². The van der Waals surface area contributed by atoms with E-state index in [1.807, 2.05) is 67.0 Å². The van der Waals surface area contributed by atoms with E-state index in [0.717, 1.165) is 57.4 Å². The van der Waals surface area contributed by atoms with Gasteiger partial charge in [-0.3, -0.25) is 15.0 Å². The third-order valence-corrected chi connectivity index (χ3v) is 12.8. The number of rotatable bonds is 7. The summed E-state index contributed by atoms with van der Waals surface area (Å²) in [6, 6.07) is 56.3. The van der Waals surface area contributed by atoms with Crippen LogP contribution in [0.4, 0.5) is 0 Å². The second-order valence-electron chi connectivity index (χ2n) is 19.8. The zero-order valence-corrected chi connectivity index (χ0v) is 42.2. The van der Waals surface area contributed by atoms with Crippen LogP contribution in [0.5, 0.6) is 0 Å². The molecule has 4 heterocycles. The van der Waals surface area contributed by atoms with Gasteiger partial charge < -0.3 is 4.42 Å². The average molecular weight is 1040 g/mol. The monoisotopic (exact) mass is 1040 g/mol. The Hall–Kier alpha value is -5.78. The van der Waals surface area contributed by atoms with Gasteiger partial charge >= 0.3 is 0 Å². The summed E-state index contributed by atoms with van der Waals surface area (Å²) in [6.45, 7) is 20.9. The Bertz CT molecular complexity index is 2880. The zero-order chi connectivity index (χ0) is 44.6. The van der Waals surface area contributed by atoms with E-state index in [1.54, 1.807) is 0 Å². The summed E-state index contributed by atoms with van der Waals surface area (Å²) < 4.78 is 6.26. The van der Waals surface area contributed by atoms with Crippen LogP contribution in [-0.2, 0) is 32.9 Å². The number of benzene rings is 5. The minimum absolute atomic E-state index is 0. The predicted octanol–water partition coefficient (Wildman–Crippen LogP) is 15.5. The molecular formula is C58H61IrN3OSi. The molecule has 0 fully saturated rings. The van der Waals surface area contributed by atoms with E-state index in [-0.39, 0.29) is 20.1 Å². The summed E-state index contributed by atoms with van der Waals surface area (Å²) in [6.07, 6.45) is 8.04. The van der Waals surface area contributed by atoms with Crippen molar-refractivity contribution in [2.45, 2.75) is 74.0 Å². The SMILES string of the molecule is CC(C)(C)Cc1cc(-c2ccccc2)ncc1[Si](C)(C)C.CC(C)(C)Cc1ccnc(-c2ccccc2)c1.[Ir].c1ccc(-c2ccc(-c3ccccn3)c3oc4ccccc4c23)cc1. The third-order valence-electron chi connectivity index (χ3n) is 10.8. The molecule has 1 radical (unpaired) electrons. The average Bonchev–Trinajstić information content (AvgIpc) is 3.66. The Morgan fingerprint density at radius 2 is 1.02 bits per heavy atom. The van der Waals surface area contributed by atoms with Crippen molar-refractivity contribution < 1.29 is 24.5 Å². The van der Waals surface area contributed by atoms with E-state index in [1.165, 1.54) is 38.6 Å². The molecule has 0 N–H and O–H groups in total. The quantitative estimate of drug-likeness (QED) is 0.149. The van der Waals surface area contributed by atoms with Crippen molar-refractivity contribution in [3.63, 3.8) is 0 Å². The second kappa shape index (κ2) is 20.8. The maximum absolute atomic E-state index is 6.26. The molecule has 0 aliphatic rings. The van der Waals surface area contributed by atoms with E-state index in [9.17, 15) is 0 Å². The van der Waals surface area contributed by atoms with Crippen LogP contribution in [0.3, 0.4) is 0 Å². The molecule has 0 unspecified atom stereocenters. The van der Waals surface area contributed by atoms with Gasteiger partial charge in [0.15, 0.2) is 0 Å². The van der Waals surface area contributed by atoms with Crippen molar-refractivity contribution in [1.29, 1.82) is 0 Å². The van der Waals surface area contributed by atoms with Crippen LogP contribution in [0.25, 0.3) is 66.8 Å². The van der Waals surface area contributed by atoms with Crippen LogP contribution in [-0.4, -0.2) is 23.0 Å². The fourth-order valence-electron chi connectivity index (χ4n) is 8.03. The molecule has 0 spiro atoms. The number of aromatic nitrogens is 3. The maximum atomic E-state index is 6.26. The number of fused-ring (bicyclic) bond motifs is 3. The fraction of sp³-hybridized carbons (Fsp3) is 0.224. The van der Waals surface area contributed by atoms with Gasteiger partial charge in [0.05, 0.1) is 25.2 Å². The first-order valence-corrected chi connectivity index (χ1v) is 25.6. The van der Waals surface area contributed by atoms with Gasteiger partial charge in [-0.25, -0.2) is 0 Å². The summed E-state index contributed by atoms with van der Waals surface area (Å²) in [5, 5.41) is 3.77. The first-order valence-electron chi connectivity index (χ1n) is 22.1. The standard InChI is InChI=1S/C23H15NO.C19H27NSi.C16H19N.Ir/c1-2-8-16(9-3-1)17-13-14-18(20-11-6-7-15-24-20)23-22(17)19-10-4-5-12-21(19)25-23;1-19(2,3)13-16-12-17(15-10-8-7-9-11-15)20-14-18(16)21(4,5)6;1-16(2,3)12-13-9-10-17-15(11-13)14-7-5-4-6-8-14;/h1-15H;7-12,14H,13H2,1-6H3;4-11H,12H2,1-3H3;. The molecule has 4 aromatic heterocycles. The van der Waals surface area contributed by atoms with Crippen LogP contribution in [0.15, 0.2) is 187 Å². The number of hydrogen-bond acceptors (Lipinski definition) is 4. The summed E-state index contributed by atoms with van der Waals surface area (Å²) in [5.41, 5.74) is 14.1. The van der Waals surface area contributed by atoms with E-state index in [2.05, 4.69) is 187 Å². The molecule has 64 heavy (non-hydrogen) atoms. The van der Waals surface area contributed by atoms with Crippen molar-refractivity contribution in [3.05, 3.63) is 194 Å². The van der Waals surface area contributed by atoms with Gasteiger partial charge in [0.1, 0.15) is 11.2 Å². The molecule has 5 aromatic carbocycles. The first-order chi connectivity index (χ1) is 30.1. The molecule has 0 aliphatic carbocycles. The smallest absolute Gasteiger partial charge is 0.145 e. The summed E-state index contributed by atoms with van der Waals surface area (Å²) >= 11 is 0. The van der Waals surface area contributed by atoms with E-state index >= 15 is 0 Å². The van der Waals surface area contributed by atoms with Gasteiger partial charge in [0.25, 0.3) is 0 Å². The molecule has 0 amide bonds. The topological polar surface area (TPSA) is 51.8 Å². The molecule has 0 saturated carbocycles. The van der Waals surface area contributed by atoms with Crippen molar-refractivity contribution in [2.24, 2.45) is 10.8 Å². The van der Waals surface area contributed by atoms with Gasteiger partial charge in [0, 0.05) is 66.2 Å². The molecule has 0 bridgehead atoms. The Balaban J connectivity index is 0.000000161. The molecule has 6 heteroatoms. The summed E-state index contributed by atoms with van der Waals surface area (Å²) in [5.74, 6) is 0. The van der Waals surface area contributed by atoms with Crippen LogP contribution >= 0.6 is 0 Å². The number of hydrogen-bond donors (Lipinski definition) is 0. The fourth-order valence-corrected chi connectivity index (χ4v) is 9.61. The van der Waals surface area contributed by atoms with Crippen LogP contribution in [0, 0.1) is 10.8 Å². The van der Waals surface area contributed by atoms with Gasteiger partial charge in [-0.15, -0.1) is 0 Å². The summed E-state index contributed by atoms with van der Waals surface area (Å²) in [4.78, 5) is 13.7. The number of furan rings is 1. The Morgan fingerprint density at radius 1 is 0.484 bits per heavy atom. The van der Waals surface area contributed by atoms with Crippen LogP contribution in [0.2, 0.25) is 19.6 Å². The number of nitrogens with zero attached hydrogens (tertiary/aromatic N) is 3. The minimum Gasteiger partial charge on any atom is -0.455 e. The van der Waals surface area contributed by atoms with Gasteiger partial charge in [0.2, 0.25) is 0 Å². The molecular weight excluding hydrogens is 975 g/mol. The maximum Gasteiger partial charge on any atom is 0.145 e. The molecule has 327 valence electrons. The molecule has 0 atom stereocenters. The minimum atomic E-state index is -1.36.